The van der Waals surface area contributed by atoms with Gasteiger partial charge in [-0.05, 0) is 11.8 Å². The summed E-state index contributed by atoms with van der Waals surface area (Å²) in [5, 5.41) is 0.273. The van der Waals surface area contributed by atoms with Crippen LogP contribution in [0.1, 0.15) is 41.0 Å². The van der Waals surface area contributed by atoms with Crippen molar-refractivity contribution >= 4 is 34.2 Å². The van der Waals surface area contributed by atoms with Gasteiger partial charge >= 0.3 is 0 Å². The molecule has 0 fully saturated rings. The molecule has 0 aromatic rings. The molecule has 0 amide bonds. The number of alkyl halides is 2. The Morgan fingerprint density at radius 2 is 1.55 bits per heavy atom. The molecule has 0 aromatic heterocycles. The topological polar surface area (TPSA) is 0 Å². The summed E-state index contributed by atoms with van der Waals surface area (Å²) >= 11 is 8.68. The molecule has 0 aliphatic carbocycles. The van der Waals surface area contributed by atoms with E-state index in [-0.39, 0.29) is 10.8 Å². The molecule has 1 atom stereocenters. The molecule has 11 heavy (non-hydrogen) atoms. The Hall–Kier alpha value is 1.02. The molecule has 0 saturated carbocycles. The van der Waals surface area contributed by atoms with Gasteiger partial charge in [-0.2, -0.15) is 0 Å². The van der Waals surface area contributed by atoms with E-state index >= 15 is 0 Å². The minimum atomic E-state index is 0.226. The van der Waals surface area contributed by atoms with Gasteiger partial charge in [-0.1, -0.05) is 57.2 Å². The van der Waals surface area contributed by atoms with E-state index < -0.39 is 0 Å². The Morgan fingerprint density at radius 1 is 1.18 bits per heavy atom. The predicted molar refractivity (Wildman–Crippen MR) is 61.8 cm³/mol. The van der Waals surface area contributed by atoms with Crippen LogP contribution in [0, 0.1) is 5.41 Å². The van der Waals surface area contributed by atoms with E-state index in [1.54, 1.807) is 0 Å². The average molecular weight is 289 g/mol. The zero-order chi connectivity index (χ0) is 9.28. The maximum atomic E-state index is 6.24. The third-order valence-electron chi connectivity index (χ3n) is 1.60. The number of rotatable bonds is 2. The van der Waals surface area contributed by atoms with Crippen molar-refractivity contribution in [2.24, 2.45) is 5.41 Å². The summed E-state index contributed by atoms with van der Waals surface area (Å²) in [5.74, 6) is 0. The Kier molecular flexibility index (Phi) is 4.17. The second-order valence-electron chi connectivity index (χ2n) is 4.76. The van der Waals surface area contributed by atoms with Gasteiger partial charge in [0.1, 0.15) is 0 Å². The zero-order valence-corrected chi connectivity index (χ0v) is 11.0. The van der Waals surface area contributed by atoms with Crippen LogP contribution in [0.25, 0.3) is 0 Å². The van der Waals surface area contributed by atoms with Crippen LogP contribution >= 0.6 is 34.2 Å². The molecule has 0 aliphatic heterocycles. The van der Waals surface area contributed by atoms with Crippen LogP contribution < -0.4 is 0 Å². The van der Waals surface area contributed by atoms with Gasteiger partial charge in [0.05, 0.1) is 0 Å². The van der Waals surface area contributed by atoms with Crippen LogP contribution in [0.3, 0.4) is 0 Å². The minimum absolute atomic E-state index is 0.226. The van der Waals surface area contributed by atoms with Crippen LogP contribution in [-0.2, 0) is 0 Å². The van der Waals surface area contributed by atoms with Gasteiger partial charge in [-0.3, -0.25) is 0 Å². The summed E-state index contributed by atoms with van der Waals surface area (Å²) in [6, 6.07) is 0. The van der Waals surface area contributed by atoms with Crippen molar-refractivity contribution in [3.63, 3.8) is 0 Å². The molecule has 0 spiro atoms. The number of hydrogen-bond donors (Lipinski definition) is 0. The molecular weight excluding hydrogens is 270 g/mol. The third kappa shape index (κ3) is 6.21. The Labute approximate surface area is 89.2 Å². The summed E-state index contributed by atoms with van der Waals surface area (Å²) in [5.41, 5.74) is 0.226. The van der Waals surface area contributed by atoms with E-state index in [1.165, 1.54) is 0 Å². The maximum absolute atomic E-state index is 6.24. The molecule has 0 rings (SSSR count). The monoisotopic (exact) mass is 288 g/mol. The minimum Gasteiger partial charge on any atom is -0.122 e. The lowest BCUT2D eigenvalue weighted by atomic mass is 9.87. The van der Waals surface area contributed by atoms with Gasteiger partial charge in [0.15, 0.2) is 0 Å². The van der Waals surface area contributed by atoms with Crippen LogP contribution in [0.2, 0.25) is 0 Å². The lowest BCUT2D eigenvalue weighted by Crippen LogP contribution is -2.27. The smallest absolute Gasteiger partial charge is 0.0396 e. The fourth-order valence-electron chi connectivity index (χ4n) is 0.732. The maximum Gasteiger partial charge on any atom is 0.0396 e. The highest BCUT2D eigenvalue weighted by Gasteiger charge is 2.27. The van der Waals surface area contributed by atoms with Gasteiger partial charge in [0, 0.05) is 8.80 Å². The predicted octanol–water partition coefficient (Wildman–Crippen LogP) is 4.24. The van der Waals surface area contributed by atoms with Crippen molar-refractivity contribution in [3.05, 3.63) is 0 Å². The van der Waals surface area contributed by atoms with E-state index in [9.17, 15) is 0 Å². The number of hydrogen-bond acceptors (Lipinski definition) is 0. The molecule has 0 N–H and O–H groups in total. The van der Waals surface area contributed by atoms with Gasteiger partial charge in [0.2, 0.25) is 0 Å². The summed E-state index contributed by atoms with van der Waals surface area (Å²) in [6.07, 6.45) is 1.07. The molecule has 1 unspecified atom stereocenters. The molecule has 0 saturated heterocycles. The molecule has 0 nitrogen and oxygen atoms in total. The molecular formula is C9H18ClI. The Balaban J connectivity index is 3.99. The molecule has 0 heterocycles. The van der Waals surface area contributed by atoms with Crippen molar-refractivity contribution in [1.82, 2.24) is 0 Å². The molecule has 0 aliphatic rings. The van der Waals surface area contributed by atoms with E-state index in [0.717, 1.165) is 6.42 Å². The molecule has 2 heteroatoms. The fraction of sp³-hybridized carbons (Fsp3) is 1.00. The lowest BCUT2D eigenvalue weighted by molar-refractivity contribution is 0.360. The van der Waals surface area contributed by atoms with Crippen molar-refractivity contribution in [2.75, 3.05) is 0 Å². The summed E-state index contributed by atoms with van der Waals surface area (Å²) in [7, 11) is 0. The molecule has 0 aromatic carbocycles. The third-order valence-corrected chi connectivity index (χ3v) is 2.85. The highest BCUT2D eigenvalue weighted by molar-refractivity contribution is 14.1. The standard InChI is InChI=1S/C9H18ClI/c1-8(2,3)7(10)6-9(4,5)11/h7H,6H2,1-5H3. The highest BCUT2D eigenvalue weighted by atomic mass is 127. The molecule has 0 radical (unpaired) electrons. The normalized spacial score (nSPS) is 16.6. The quantitative estimate of drug-likeness (QED) is 0.526. The van der Waals surface area contributed by atoms with Crippen LogP contribution in [0.5, 0.6) is 0 Å². The Bertz CT molecular complexity index is 119. The summed E-state index contributed by atoms with van der Waals surface area (Å²) in [6.45, 7) is 11.0. The van der Waals surface area contributed by atoms with E-state index in [0.29, 0.717) is 3.42 Å². The van der Waals surface area contributed by atoms with Crippen LogP contribution in [0.15, 0.2) is 0 Å². The van der Waals surface area contributed by atoms with Crippen LogP contribution in [-0.4, -0.2) is 8.80 Å². The van der Waals surface area contributed by atoms with Gasteiger partial charge in [-0.25, -0.2) is 0 Å². The van der Waals surface area contributed by atoms with Gasteiger partial charge in [-0.15, -0.1) is 11.6 Å². The number of halogens is 2. The largest absolute Gasteiger partial charge is 0.122 e. The van der Waals surface area contributed by atoms with E-state index in [1.807, 2.05) is 0 Å². The fourth-order valence-corrected chi connectivity index (χ4v) is 1.82. The van der Waals surface area contributed by atoms with Crippen molar-refractivity contribution in [3.8, 4) is 0 Å². The average Bonchev–Trinajstić information content (AvgIpc) is 1.56. The second kappa shape index (κ2) is 3.82. The lowest BCUT2D eigenvalue weighted by Gasteiger charge is -2.29. The van der Waals surface area contributed by atoms with Crippen molar-refractivity contribution in [2.45, 2.75) is 49.8 Å². The first kappa shape index (κ1) is 12.0. The summed E-state index contributed by atoms with van der Waals surface area (Å²) < 4.78 is 0.317. The van der Waals surface area contributed by atoms with Crippen LogP contribution in [0.4, 0.5) is 0 Å². The van der Waals surface area contributed by atoms with Crippen molar-refractivity contribution in [1.29, 1.82) is 0 Å². The first-order chi connectivity index (χ1) is 4.63. The second-order valence-corrected chi connectivity index (χ2v) is 8.20. The summed E-state index contributed by atoms with van der Waals surface area (Å²) in [4.78, 5) is 0. The van der Waals surface area contributed by atoms with Crippen molar-refractivity contribution < 1.29 is 0 Å². The zero-order valence-electron chi connectivity index (χ0n) is 8.04. The van der Waals surface area contributed by atoms with E-state index in [4.69, 9.17) is 11.6 Å². The Morgan fingerprint density at radius 3 is 1.64 bits per heavy atom. The van der Waals surface area contributed by atoms with Gasteiger partial charge in [0.25, 0.3) is 0 Å². The first-order valence-electron chi connectivity index (χ1n) is 3.96. The SMILES string of the molecule is CC(C)(I)CC(Cl)C(C)(C)C. The molecule has 0 bridgehead atoms. The van der Waals surface area contributed by atoms with E-state index in [2.05, 4.69) is 57.2 Å². The van der Waals surface area contributed by atoms with Gasteiger partial charge < -0.3 is 0 Å². The first-order valence-corrected chi connectivity index (χ1v) is 5.47. The highest BCUT2D eigenvalue weighted by Crippen LogP contribution is 2.34. The molecule has 68 valence electrons.